The Morgan fingerprint density at radius 2 is 0.530 bits per heavy atom. The lowest BCUT2D eigenvalue weighted by Gasteiger charge is -2.21. The predicted octanol–water partition coefficient (Wildman–Crippen LogP) is 21.9. The number of phosphoric ester groups is 2. The van der Waals surface area contributed by atoms with E-state index in [0.29, 0.717) is 32.1 Å². The van der Waals surface area contributed by atoms with Crippen molar-refractivity contribution in [1.82, 2.24) is 0 Å². The van der Waals surface area contributed by atoms with Crippen LogP contribution in [0, 0.1) is 0 Å². The Morgan fingerprint density at radius 3 is 0.890 bits per heavy atom. The molecule has 0 fully saturated rings. The molecule has 0 saturated carbocycles. The van der Waals surface area contributed by atoms with Gasteiger partial charge in [-0.15, -0.1) is 0 Å². The molecular weight excluding hydrogens is 1310 g/mol. The van der Waals surface area contributed by atoms with Crippen LogP contribution in [0.1, 0.15) is 285 Å². The summed E-state index contributed by atoms with van der Waals surface area (Å²) in [5.41, 5.74) is 0. The fourth-order valence-electron chi connectivity index (χ4n) is 9.51. The molecule has 570 valence electrons. The molecule has 0 aliphatic carbocycles. The third kappa shape index (κ3) is 71.3. The molecule has 3 N–H and O–H groups in total. The number of aliphatic hydroxyl groups is 1. The minimum atomic E-state index is -5.00. The summed E-state index contributed by atoms with van der Waals surface area (Å²) in [5, 5.41) is 10.6. The zero-order valence-electron chi connectivity index (χ0n) is 62.1. The summed E-state index contributed by atoms with van der Waals surface area (Å²) in [6.45, 7) is 4.45. The average Bonchev–Trinajstić information content (AvgIpc) is 0.965. The lowest BCUT2D eigenvalue weighted by Crippen LogP contribution is -2.30. The number of aliphatic hydroxyl groups excluding tert-OH is 1. The van der Waals surface area contributed by atoms with E-state index < -0.39 is 97.5 Å². The fraction of sp³-hybridized carbons (Fsp3) is 0.654. The van der Waals surface area contributed by atoms with Crippen LogP contribution in [0.4, 0.5) is 0 Å². The fourth-order valence-corrected chi connectivity index (χ4v) is 11.1. The predicted molar refractivity (Wildman–Crippen MR) is 408 cm³/mol. The van der Waals surface area contributed by atoms with E-state index >= 15 is 0 Å². The van der Waals surface area contributed by atoms with Crippen molar-refractivity contribution < 1.29 is 80.2 Å². The molecule has 5 unspecified atom stereocenters. The summed E-state index contributed by atoms with van der Waals surface area (Å²) >= 11 is 0. The van der Waals surface area contributed by atoms with Crippen molar-refractivity contribution in [2.24, 2.45) is 0 Å². The van der Waals surface area contributed by atoms with E-state index in [1.807, 2.05) is 12.2 Å². The summed E-state index contributed by atoms with van der Waals surface area (Å²) < 4.78 is 68.4. The number of allylic oxidation sites excluding steroid dienone is 24. The van der Waals surface area contributed by atoms with Gasteiger partial charge in [-0.25, -0.2) is 9.13 Å². The SMILES string of the molecule is CC/C=C\C/C=C\C/C=C\C/C=C\C/C=C\CCCC(=O)OCC(COP(=O)(O)OCC(O)COP(=O)(O)OCC(COC(=O)CCCC/C=C\C/C=C\C/C=C\C/C=C\CC)OC(=O)CCCCCCC/C=C\C/C=C\CCCCC)OC(=O)CCCCCCC/C=C\CCCCCC. The highest BCUT2D eigenvalue weighted by Gasteiger charge is 2.30. The molecule has 0 saturated heterocycles. The second-order valence-electron chi connectivity index (χ2n) is 24.8. The summed E-state index contributed by atoms with van der Waals surface area (Å²) in [6.07, 6.45) is 81.3. The Morgan fingerprint density at radius 1 is 0.290 bits per heavy atom. The Hall–Kier alpha value is -5.06. The highest BCUT2D eigenvalue weighted by Crippen LogP contribution is 2.45. The molecule has 0 aliphatic heterocycles. The molecule has 0 aliphatic rings. The molecule has 0 rings (SSSR count). The maximum absolute atomic E-state index is 13.1. The Balaban J connectivity index is 5.46. The molecular formula is C81H134O17P2. The number of esters is 4. The standard InChI is InChI=1S/C81H134O17P2/c1-5-9-13-17-21-25-29-33-36-37-40-43-46-50-54-58-62-66-79(84)92-71-76(97-80(85)67-63-59-55-51-47-41-32-28-24-20-16-12-8-4)73-95-99(87,88)93-69-75(82)70-94-100(89,90)96-74-77(98-81(86)68-64-60-56-52-48-44-39-35-31-27-23-19-15-11-7-3)72-91-78(83)65-61-57-53-49-45-42-38-34-30-26-22-18-14-10-6-2/h9-10,13-14,21-23,25-28,32-36,38-40,43,45,49-50,54,75-77,82H,5-8,11-12,15-20,24,29-31,37,41-42,44,46-48,51-53,55-74H2,1-4H3,(H,87,88)(H,89,90)/b13-9-,14-10-,25-21-,26-22-,27-23-,32-28-,36-33-,38-34-,39-35-,43-40-,49-45-,54-50-. The third-order valence-corrected chi connectivity index (χ3v) is 17.2. The number of rotatable bonds is 70. The number of unbranched alkanes of at least 4 members (excludes halogenated alkanes) is 20. The number of ether oxygens (including phenoxy) is 4. The largest absolute Gasteiger partial charge is 0.472 e. The normalized spacial score (nSPS) is 14.8. The van der Waals surface area contributed by atoms with Crippen LogP contribution in [0.3, 0.4) is 0 Å². The van der Waals surface area contributed by atoms with E-state index in [4.69, 9.17) is 37.0 Å². The van der Waals surface area contributed by atoms with E-state index in [9.17, 15) is 43.2 Å². The topological polar surface area (TPSA) is 237 Å². The molecule has 0 spiro atoms. The van der Waals surface area contributed by atoms with Crippen molar-refractivity contribution >= 4 is 39.5 Å². The number of hydrogen-bond donors (Lipinski definition) is 3. The van der Waals surface area contributed by atoms with Gasteiger partial charge >= 0.3 is 39.5 Å². The first-order valence-electron chi connectivity index (χ1n) is 38.1. The maximum atomic E-state index is 13.1. The highest BCUT2D eigenvalue weighted by atomic mass is 31.2. The molecule has 0 radical (unpaired) electrons. The minimum Gasteiger partial charge on any atom is -0.462 e. The second-order valence-corrected chi connectivity index (χ2v) is 27.7. The zero-order chi connectivity index (χ0) is 73.2. The first-order chi connectivity index (χ1) is 48.7. The van der Waals surface area contributed by atoms with Gasteiger partial charge in [-0.1, -0.05) is 244 Å². The maximum Gasteiger partial charge on any atom is 0.472 e. The summed E-state index contributed by atoms with van der Waals surface area (Å²) in [5.74, 6) is -2.32. The Labute approximate surface area is 605 Å². The number of phosphoric acid groups is 2. The van der Waals surface area contributed by atoms with Gasteiger partial charge < -0.3 is 33.8 Å². The molecule has 5 atom stereocenters. The van der Waals surface area contributed by atoms with Crippen LogP contribution in [0.2, 0.25) is 0 Å². The van der Waals surface area contributed by atoms with E-state index in [2.05, 4.69) is 161 Å². The number of carbonyl (C=O) groups excluding carboxylic acids is 4. The summed E-state index contributed by atoms with van der Waals surface area (Å²) in [6, 6.07) is 0. The van der Waals surface area contributed by atoms with Crippen molar-refractivity contribution in [3.05, 3.63) is 146 Å². The number of carbonyl (C=O) groups is 4. The second kappa shape index (κ2) is 72.3. The van der Waals surface area contributed by atoms with Gasteiger partial charge in [0.15, 0.2) is 12.2 Å². The molecule has 0 bridgehead atoms. The first kappa shape index (κ1) is 94.9. The van der Waals surface area contributed by atoms with Crippen molar-refractivity contribution in [2.45, 2.75) is 303 Å². The minimum absolute atomic E-state index is 0.0645. The monoisotopic (exact) mass is 1440 g/mol. The number of hydrogen-bond acceptors (Lipinski definition) is 15. The van der Waals surface area contributed by atoms with Gasteiger partial charge in [-0.3, -0.25) is 37.3 Å². The van der Waals surface area contributed by atoms with Crippen LogP contribution in [0.5, 0.6) is 0 Å². The van der Waals surface area contributed by atoms with Crippen molar-refractivity contribution in [3.8, 4) is 0 Å². The third-order valence-electron chi connectivity index (χ3n) is 15.3. The van der Waals surface area contributed by atoms with Crippen LogP contribution in [0.25, 0.3) is 0 Å². The smallest absolute Gasteiger partial charge is 0.462 e. The van der Waals surface area contributed by atoms with Gasteiger partial charge in [-0.05, 0) is 161 Å². The van der Waals surface area contributed by atoms with Gasteiger partial charge in [0.2, 0.25) is 0 Å². The molecule has 100 heavy (non-hydrogen) atoms. The Bertz CT molecular complexity index is 2470. The average molecular weight is 1440 g/mol. The van der Waals surface area contributed by atoms with Crippen LogP contribution < -0.4 is 0 Å². The lowest BCUT2D eigenvalue weighted by atomic mass is 10.1. The van der Waals surface area contributed by atoms with Gasteiger partial charge in [0, 0.05) is 25.7 Å². The zero-order valence-corrected chi connectivity index (χ0v) is 63.9. The van der Waals surface area contributed by atoms with E-state index in [1.54, 1.807) is 0 Å². The van der Waals surface area contributed by atoms with E-state index in [1.165, 1.54) is 44.9 Å². The van der Waals surface area contributed by atoms with Gasteiger partial charge in [0.1, 0.15) is 19.3 Å². The Kier molecular flexibility index (Phi) is 68.6. The molecule has 0 amide bonds. The van der Waals surface area contributed by atoms with Gasteiger partial charge in [-0.2, -0.15) is 0 Å². The lowest BCUT2D eigenvalue weighted by molar-refractivity contribution is -0.161. The van der Waals surface area contributed by atoms with Crippen molar-refractivity contribution in [1.29, 1.82) is 0 Å². The van der Waals surface area contributed by atoms with Crippen LogP contribution >= 0.6 is 15.6 Å². The molecule has 0 aromatic carbocycles. The molecule has 19 heteroatoms. The van der Waals surface area contributed by atoms with Crippen LogP contribution in [0.15, 0.2) is 146 Å². The molecule has 0 aromatic heterocycles. The first-order valence-corrected chi connectivity index (χ1v) is 41.1. The summed E-state index contributed by atoms with van der Waals surface area (Å²) in [7, 11) is -9.99. The van der Waals surface area contributed by atoms with E-state index in [-0.39, 0.29) is 25.7 Å². The summed E-state index contributed by atoms with van der Waals surface area (Å²) in [4.78, 5) is 72.8. The molecule has 17 nitrogen and oxygen atoms in total. The highest BCUT2D eigenvalue weighted by molar-refractivity contribution is 7.47. The van der Waals surface area contributed by atoms with Crippen molar-refractivity contribution in [3.63, 3.8) is 0 Å². The van der Waals surface area contributed by atoms with Gasteiger partial charge in [0.05, 0.1) is 26.4 Å². The molecule has 0 heterocycles. The molecule has 0 aromatic rings. The van der Waals surface area contributed by atoms with Crippen molar-refractivity contribution in [2.75, 3.05) is 39.6 Å². The van der Waals surface area contributed by atoms with Gasteiger partial charge in [0.25, 0.3) is 0 Å². The van der Waals surface area contributed by atoms with Crippen LogP contribution in [-0.4, -0.2) is 96.7 Å². The quantitative estimate of drug-likeness (QED) is 0.0169. The van der Waals surface area contributed by atoms with E-state index in [0.717, 1.165) is 154 Å². The van der Waals surface area contributed by atoms with Crippen LogP contribution in [-0.2, 0) is 65.4 Å².